The van der Waals surface area contributed by atoms with Gasteiger partial charge in [0.2, 0.25) is 0 Å². The molecular weight excluding hydrogens is 384 g/mol. The Morgan fingerprint density at radius 3 is 2.34 bits per heavy atom. The van der Waals surface area contributed by atoms with Crippen molar-refractivity contribution in [2.75, 3.05) is 27.2 Å². The van der Waals surface area contributed by atoms with Crippen molar-refractivity contribution in [3.05, 3.63) is 75.2 Å². The van der Waals surface area contributed by atoms with E-state index in [-0.39, 0.29) is 11.6 Å². The number of benzene rings is 2. The zero-order valence-corrected chi connectivity index (χ0v) is 17.9. The number of nitrogens with one attached hydrogen (secondary N) is 2. The van der Waals surface area contributed by atoms with Gasteiger partial charge in [0.05, 0.1) is 17.1 Å². The summed E-state index contributed by atoms with van der Waals surface area (Å²) in [4.78, 5) is 13.3. The molecule has 2 N–H and O–H groups in total. The molecule has 0 bridgehead atoms. The third kappa shape index (κ3) is 5.44. The minimum atomic E-state index is -0.00832. The molecule has 0 unspecified atom stereocenters. The van der Waals surface area contributed by atoms with E-state index in [0.717, 1.165) is 54.4 Å². The summed E-state index contributed by atoms with van der Waals surface area (Å²) in [6.45, 7) is 1.77. The van der Waals surface area contributed by atoms with Crippen LogP contribution in [0.25, 0.3) is 10.8 Å². The summed E-state index contributed by atoms with van der Waals surface area (Å²) in [6, 6.07) is 15.7. The van der Waals surface area contributed by atoms with Crippen molar-refractivity contribution in [1.82, 2.24) is 20.4 Å². The van der Waals surface area contributed by atoms with Crippen LogP contribution in [0, 0.1) is 0 Å². The maximum Gasteiger partial charge on any atom is 0.274 e. The van der Waals surface area contributed by atoms with Gasteiger partial charge in [0.15, 0.2) is 0 Å². The summed E-state index contributed by atoms with van der Waals surface area (Å²) in [6.07, 6.45) is 3.44. The van der Waals surface area contributed by atoms with Crippen LogP contribution in [0.3, 0.4) is 0 Å². The average Bonchev–Trinajstić information content (AvgIpc) is 2.74. The highest BCUT2D eigenvalue weighted by molar-refractivity contribution is 6.30. The van der Waals surface area contributed by atoms with Crippen LogP contribution in [-0.4, -0.2) is 37.0 Å². The molecule has 0 saturated carbocycles. The van der Waals surface area contributed by atoms with E-state index < -0.39 is 0 Å². The lowest BCUT2D eigenvalue weighted by Gasteiger charge is -2.21. The van der Waals surface area contributed by atoms with Gasteiger partial charge in [-0.3, -0.25) is 4.79 Å². The molecule has 6 heteroatoms. The Bertz CT molecular complexity index is 984. The Morgan fingerprint density at radius 2 is 1.66 bits per heavy atom. The van der Waals surface area contributed by atoms with Gasteiger partial charge in [0.25, 0.3) is 5.56 Å². The normalized spacial score (nSPS) is 12.4. The lowest BCUT2D eigenvalue weighted by atomic mass is 10.0. The summed E-state index contributed by atoms with van der Waals surface area (Å²) < 4.78 is 1.72. The largest absolute Gasteiger partial charge is 0.320 e. The van der Waals surface area contributed by atoms with Crippen molar-refractivity contribution in [2.45, 2.75) is 31.7 Å². The molecule has 0 spiro atoms. The van der Waals surface area contributed by atoms with E-state index in [1.807, 2.05) is 62.6 Å². The highest BCUT2D eigenvalue weighted by atomic mass is 35.5. The summed E-state index contributed by atoms with van der Waals surface area (Å²) in [5.41, 5.74) is 2.04. The molecular formula is C23H29ClN4O. The van der Waals surface area contributed by atoms with Gasteiger partial charge in [-0.25, -0.2) is 4.68 Å². The maximum absolute atomic E-state index is 13.3. The predicted molar refractivity (Wildman–Crippen MR) is 121 cm³/mol. The van der Waals surface area contributed by atoms with Crippen molar-refractivity contribution in [3.8, 4) is 0 Å². The number of aromatic nitrogens is 2. The van der Waals surface area contributed by atoms with E-state index in [4.69, 9.17) is 16.7 Å². The summed E-state index contributed by atoms with van der Waals surface area (Å²) >= 11 is 6.03. The highest BCUT2D eigenvalue weighted by Crippen LogP contribution is 2.21. The number of fused-ring (bicyclic) bond motifs is 1. The average molecular weight is 413 g/mol. The Balaban J connectivity index is 2.04. The first-order valence-corrected chi connectivity index (χ1v) is 10.6. The number of hydrogen-bond donors (Lipinski definition) is 2. The minimum absolute atomic E-state index is 0.00832. The molecule has 1 heterocycles. The van der Waals surface area contributed by atoms with E-state index in [1.54, 1.807) is 4.68 Å². The van der Waals surface area contributed by atoms with E-state index in [1.165, 1.54) is 0 Å². The molecule has 0 radical (unpaired) electrons. The van der Waals surface area contributed by atoms with Gasteiger partial charge >= 0.3 is 0 Å². The van der Waals surface area contributed by atoms with E-state index in [2.05, 4.69) is 10.6 Å². The predicted octanol–water partition coefficient (Wildman–Crippen LogP) is 3.79. The first-order chi connectivity index (χ1) is 14.1. The Morgan fingerprint density at radius 1 is 0.966 bits per heavy atom. The summed E-state index contributed by atoms with van der Waals surface area (Å²) in [5.74, 6) is 0. The topological polar surface area (TPSA) is 58.9 Å². The van der Waals surface area contributed by atoms with Crippen LogP contribution < -0.4 is 16.2 Å². The molecule has 2 aromatic carbocycles. The Hall–Kier alpha value is -2.21. The third-order valence-electron chi connectivity index (χ3n) is 5.23. The first-order valence-electron chi connectivity index (χ1n) is 10.2. The molecule has 5 nitrogen and oxygen atoms in total. The Labute approximate surface area is 177 Å². The van der Waals surface area contributed by atoms with Gasteiger partial charge in [0, 0.05) is 16.8 Å². The zero-order valence-electron chi connectivity index (χ0n) is 17.1. The van der Waals surface area contributed by atoms with Crippen LogP contribution in [0.2, 0.25) is 5.02 Å². The molecule has 0 saturated heterocycles. The van der Waals surface area contributed by atoms with Crippen LogP contribution in [0.1, 0.15) is 36.6 Å². The zero-order chi connectivity index (χ0) is 20.6. The summed E-state index contributed by atoms with van der Waals surface area (Å²) in [7, 11) is 3.89. The molecule has 0 aliphatic rings. The summed E-state index contributed by atoms with van der Waals surface area (Å²) in [5, 5.41) is 13.6. The van der Waals surface area contributed by atoms with Crippen LogP contribution >= 0.6 is 11.6 Å². The van der Waals surface area contributed by atoms with Crippen LogP contribution in [0.15, 0.2) is 53.3 Å². The van der Waals surface area contributed by atoms with Crippen molar-refractivity contribution >= 4 is 22.4 Å². The quantitative estimate of drug-likeness (QED) is 0.497. The molecule has 0 amide bonds. The van der Waals surface area contributed by atoms with Crippen molar-refractivity contribution in [2.24, 2.45) is 0 Å². The van der Waals surface area contributed by atoms with Crippen LogP contribution in [0.4, 0.5) is 0 Å². The van der Waals surface area contributed by atoms with Crippen LogP contribution in [0.5, 0.6) is 0 Å². The number of nitrogens with zero attached hydrogens (tertiary/aromatic N) is 2. The molecule has 0 aliphatic carbocycles. The number of hydrogen-bond acceptors (Lipinski definition) is 4. The van der Waals surface area contributed by atoms with Gasteiger partial charge in [-0.05, 0) is 70.2 Å². The monoisotopic (exact) mass is 412 g/mol. The van der Waals surface area contributed by atoms with Crippen LogP contribution in [-0.2, 0) is 6.42 Å². The standard InChI is InChI=1S/C23H29ClN4O/c1-25-14-5-6-19(13-15-26-2)28-23(29)21-8-4-3-7-20(21)22(27-28)16-17-9-11-18(24)12-10-17/h3-4,7-12,19,25-26H,5-6,13-16H2,1-2H3/t19-/m1/s1. The second-order valence-corrected chi connectivity index (χ2v) is 7.77. The van der Waals surface area contributed by atoms with Gasteiger partial charge in [-0.15, -0.1) is 0 Å². The van der Waals surface area contributed by atoms with Gasteiger partial charge in [-0.2, -0.15) is 5.10 Å². The fourth-order valence-corrected chi connectivity index (χ4v) is 3.79. The molecule has 0 aliphatic heterocycles. The fourth-order valence-electron chi connectivity index (χ4n) is 3.66. The second kappa shape index (κ2) is 10.5. The molecule has 29 heavy (non-hydrogen) atoms. The molecule has 1 atom stereocenters. The van der Waals surface area contributed by atoms with Gasteiger partial charge in [0.1, 0.15) is 0 Å². The van der Waals surface area contributed by atoms with Gasteiger partial charge < -0.3 is 10.6 Å². The number of rotatable bonds is 10. The molecule has 3 rings (SSSR count). The van der Waals surface area contributed by atoms with Crippen molar-refractivity contribution < 1.29 is 0 Å². The fraction of sp³-hybridized carbons (Fsp3) is 0.391. The Kier molecular flexibility index (Phi) is 7.81. The van der Waals surface area contributed by atoms with Crippen molar-refractivity contribution in [1.29, 1.82) is 0 Å². The minimum Gasteiger partial charge on any atom is -0.320 e. The number of halogens is 1. The SMILES string of the molecule is CNCCC[C@H](CCNC)n1nc(Cc2ccc(Cl)cc2)c2ccccc2c1=O. The van der Waals surface area contributed by atoms with E-state index in [0.29, 0.717) is 11.4 Å². The molecule has 3 aromatic rings. The van der Waals surface area contributed by atoms with E-state index >= 15 is 0 Å². The lowest BCUT2D eigenvalue weighted by molar-refractivity contribution is 0.368. The molecule has 0 fully saturated rings. The second-order valence-electron chi connectivity index (χ2n) is 7.34. The molecule has 154 valence electrons. The van der Waals surface area contributed by atoms with Gasteiger partial charge in [-0.1, -0.05) is 41.9 Å². The highest BCUT2D eigenvalue weighted by Gasteiger charge is 2.18. The lowest BCUT2D eigenvalue weighted by Crippen LogP contribution is -2.31. The smallest absolute Gasteiger partial charge is 0.274 e. The van der Waals surface area contributed by atoms with Crippen molar-refractivity contribution in [3.63, 3.8) is 0 Å². The van der Waals surface area contributed by atoms with E-state index in [9.17, 15) is 4.79 Å². The first kappa shape index (κ1) is 21.5. The third-order valence-corrected chi connectivity index (χ3v) is 5.48. The molecule has 1 aromatic heterocycles. The maximum atomic E-state index is 13.3.